The standard InChI is InChI=1S/C6H16N2O.2CH4/c1-5(7)3-9-4-6(2)8;;/h5-6H,3-4,7-8H2,1-2H3;2*1H4. The second-order valence-electron chi connectivity index (χ2n) is 2.49. The smallest absolute Gasteiger partial charge is 0.0615 e. The summed E-state index contributed by atoms with van der Waals surface area (Å²) >= 11 is 0. The van der Waals surface area contributed by atoms with Gasteiger partial charge in [0.05, 0.1) is 13.2 Å². The SMILES string of the molecule is C.C.CC(N)COCC(C)N. The van der Waals surface area contributed by atoms with Crippen LogP contribution in [-0.2, 0) is 4.74 Å². The highest BCUT2D eigenvalue weighted by Gasteiger charge is 1.95. The van der Waals surface area contributed by atoms with Crippen molar-refractivity contribution < 1.29 is 4.74 Å². The first-order valence-electron chi connectivity index (χ1n) is 3.22. The molecule has 3 heteroatoms. The quantitative estimate of drug-likeness (QED) is 0.651. The molecule has 2 unspecified atom stereocenters. The van der Waals surface area contributed by atoms with Gasteiger partial charge < -0.3 is 16.2 Å². The fourth-order valence-electron chi connectivity index (χ4n) is 0.440. The average Bonchev–Trinajstić information content (AvgIpc) is 1.63. The van der Waals surface area contributed by atoms with Gasteiger partial charge in [-0.3, -0.25) is 0 Å². The second kappa shape index (κ2) is 9.88. The van der Waals surface area contributed by atoms with E-state index in [1.807, 2.05) is 13.8 Å². The first kappa shape index (κ1) is 17.1. The van der Waals surface area contributed by atoms with Crippen LogP contribution in [0.5, 0.6) is 0 Å². The number of ether oxygens (including phenoxy) is 1. The van der Waals surface area contributed by atoms with E-state index >= 15 is 0 Å². The Labute approximate surface area is 71.1 Å². The normalized spacial score (nSPS) is 14.2. The van der Waals surface area contributed by atoms with E-state index in [9.17, 15) is 0 Å². The summed E-state index contributed by atoms with van der Waals surface area (Å²) < 4.78 is 5.11. The van der Waals surface area contributed by atoms with Crippen molar-refractivity contribution in [2.45, 2.75) is 40.8 Å². The first-order valence-corrected chi connectivity index (χ1v) is 3.22. The lowest BCUT2D eigenvalue weighted by atomic mass is 10.4. The van der Waals surface area contributed by atoms with E-state index in [0.29, 0.717) is 13.2 Å². The van der Waals surface area contributed by atoms with Crippen LogP contribution in [0.25, 0.3) is 0 Å². The van der Waals surface area contributed by atoms with Crippen molar-refractivity contribution in [3.8, 4) is 0 Å². The number of rotatable bonds is 4. The molecular formula is C8H24N2O. The maximum absolute atomic E-state index is 5.41. The Hall–Kier alpha value is -0.120. The van der Waals surface area contributed by atoms with Crippen molar-refractivity contribution in [2.24, 2.45) is 11.5 Å². The third-order valence-electron chi connectivity index (χ3n) is 0.761. The Morgan fingerprint density at radius 2 is 1.27 bits per heavy atom. The van der Waals surface area contributed by atoms with E-state index in [2.05, 4.69) is 0 Å². The Morgan fingerprint density at radius 1 is 1.00 bits per heavy atom. The monoisotopic (exact) mass is 164 g/mol. The molecule has 0 aliphatic carbocycles. The molecule has 0 heterocycles. The van der Waals surface area contributed by atoms with E-state index in [1.165, 1.54) is 0 Å². The lowest BCUT2D eigenvalue weighted by Gasteiger charge is -2.08. The summed E-state index contributed by atoms with van der Waals surface area (Å²) in [5.74, 6) is 0. The lowest BCUT2D eigenvalue weighted by Crippen LogP contribution is -2.27. The lowest BCUT2D eigenvalue weighted by molar-refractivity contribution is 0.115. The minimum Gasteiger partial charge on any atom is -0.378 e. The molecule has 0 amide bonds. The Balaban J connectivity index is -0.000000320. The van der Waals surface area contributed by atoms with E-state index in [4.69, 9.17) is 16.2 Å². The highest BCUT2D eigenvalue weighted by Crippen LogP contribution is 1.81. The minimum atomic E-state index is 0. The molecule has 72 valence electrons. The molecule has 0 saturated heterocycles. The molecule has 0 saturated carbocycles. The molecule has 3 nitrogen and oxygen atoms in total. The first-order chi connectivity index (χ1) is 4.13. The van der Waals surface area contributed by atoms with Crippen LogP contribution in [0.4, 0.5) is 0 Å². The van der Waals surface area contributed by atoms with Gasteiger partial charge in [0.2, 0.25) is 0 Å². The van der Waals surface area contributed by atoms with Gasteiger partial charge in [-0.2, -0.15) is 0 Å². The van der Waals surface area contributed by atoms with Crippen LogP contribution < -0.4 is 11.5 Å². The van der Waals surface area contributed by atoms with E-state index in [0.717, 1.165) is 0 Å². The molecule has 2 atom stereocenters. The molecule has 0 aromatic carbocycles. The van der Waals surface area contributed by atoms with Gasteiger partial charge in [-0.15, -0.1) is 0 Å². The predicted molar refractivity (Wildman–Crippen MR) is 51.6 cm³/mol. The van der Waals surface area contributed by atoms with Crippen LogP contribution in [0.3, 0.4) is 0 Å². The Kier molecular flexibility index (Phi) is 15.4. The molecule has 0 aliphatic rings. The summed E-state index contributed by atoms with van der Waals surface area (Å²) in [4.78, 5) is 0. The maximum atomic E-state index is 5.41. The van der Waals surface area contributed by atoms with Gasteiger partial charge in [-0.1, -0.05) is 14.9 Å². The van der Waals surface area contributed by atoms with Gasteiger partial charge in [0.25, 0.3) is 0 Å². The molecule has 11 heavy (non-hydrogen) atoms. The van der Waals surface area contributed by atoms with E-state index in [1.54, 1.807) is 0 Å². The van der Waals surface area contributed by atoms with Crippen molar-refractivity contribution >= 4 is 0 Å². The third-order valence-corrected chi connectivity index (χ3v) is 0.761. The highest BCUT2D eigenvalue weighted by molar-refractivity contribution is 4.52. The zero-order valence-electron chi connectivity index (χ0n) is 6.13. The predicted octanol–water partition coefficient (Wildman–Crippen LogP) is 0.970. The van der Waals surface area contributed by atoms with Crippen LogP contribution in [0, 0.1) is 0 Å². The summed E-state index contributed by atoms with van der Waals surface area (Å²) in [7, 11) is 0. The van der Waals surface area contributed by atoms with Crippen molar-refractivity contribution in [3.05, 3.63) is 0 Å². The van der Waals surface area contributed by atoms with Crippen molar-refractivity contribution in [1.29, 1.82) is 0 Å². The number of hydrogen-bond acceptors (Lipinski definition) is 3. The fraction of sp³-hybridized carbons (Fsp3) is 1.00. The van der Waals surface area contributed by atoms with E-state index in [-0.39, 0.29) is 26.9 Å². The fourth-order valence-corrected chi connectivity index (χ4v) is 0.440. The van der Waals surface area contributed by atoms with Crippen LogP contribution in [0.15, 0.2) is 0 Å². The molecule has 0 aromatic heterocycles. The summed E-state index contributed by atoms with van der Waals surface area (Å²) in [6.07, 6.45) is 0. The van der Waals surface area contributed by atoms with Crippen LogP contribution in [-0.4, -0.2) is 25.3 Å². The summed E-state index contributed by atoms with van der Waals surface area (Å²) in [5, 5.41) is 0. The molecular weight excluding hydrogens is 140 g/mol. The van der Waals surface area contributed by atoms with Crippen LogP contribution in [0.1, 0.15) is 28.7 Å². The topological polar surface area (TPSA) is 61.3 Å². The number of hydrogen-bond donors (Lipinski definition) is 2. The molecule has 0 spiro atoms. The molecule has 0 fully saturated rings. The number of nitrogens with two attached hydrogens (primary N) is 2. The summed E-state index contributed by atoms with van der Waals surface area (Å²) in [6, 6.07) is 0.229. The van der Waals surface area contributed by atoms with Crippen molar-refractivity contribution in [3.63, 3.8) is 0 Å². The van der Waals surface area contributed by atoms with Gasteiger partial charge in [-0.05, 0) is 13.8 Å². The second-order valence-corrected chi connectivity index (χ2v) is 2.49. The Morgan fingerprint density at radius 3 is 1.45 bits per heavy atom. The maximum Gasteiger partial charge on any atom is 0.0615 e. The molecule has 0 aromatic rings. The zero-order chi connectivity index (χ0) is 7.28. The third kappa shape index (κ3) is 17.7. The molecule has 0 aliphatic heterocycles. The van der Waals surface area contributed by atoms with E-state index < -0.39 is 0 Å². The van der Waals surface area contributed by atoms with Crippen molar-refractivity contribution in [1.82, 2.24) is 0 Å². The molecule has 4 N–H and O–H groups in total. The van der Waals surface area contributed by atoms with Gasteiger partial charge in [0.1, 0.15) is 0 Å². The summed E-state index contributed by atoms with van der Waals surface area (Å²) in [6.45, 7) is 5.01. The Bertz CT molecular complexity index is 57.1. The minimum absolute atomic E-state index is 0. The van der Waals surface area contributed by atoms with Crippen LogP contribution in [0.2, 0.25) is 0 Å². The van der Waals surface area contributed by atoms with Crippen LogP contribution >= 0.6 is 0 Å². The van der Waals surface area contributed by atoms with Gasteiger partial charge in [-0.25, -0.2) is 0 Å². The highest BCUT2D eigenvalue weighted by atomic mass is 16.5. The summed E-state index contributed by atoms with van der Waals surface area (Å²) in [5.41, 5.74) is 10.8. The zero-order valence-corrected chi connectivity index (χ0v) is 6.13. The van der Waals surface area contributed by atoms with Crippen molar-refractivity contribution in [2.75, 3.05) is 13.2 Å². The molecule has 0 rings (SSSR count). The largest absolute Gasteiger partial charge is 0.378 e. The van der Waals surface area contributed by atoms with Gasteiger partial charge >= 0.3 is 0 Å². The van der Waals surface area contributed by atoms with Gasteiger partial charge in [0, 0.05) is 12.1 Å². The molecule has 0 radical (unpaired) electrons. The average molecular weight is 164 g/mol. The van der Waals surface area contributed by atoms with Gasteiger partial charge in [0.15, 0.2) is 0 Å². The molecule has 0 bridgehead atoms.